The third-order valence-electron chi connectivity index (χ3n) is 3.80. The molecular formula is C19H20N4O. The van der Waals surface area contributed by atoms with E-state index in [-0.39, 0.29) is 11.9 Å². The van der Waals surface area contributed by atoms with Crippen LogP contribution in [0.4, 0.5) is 5.69 Å². The predicted octanol–water partition coefficient (Wildman–Crippen LogP) is 3.32. The van der Waals surface area contributed by atoms with Gasteiger partial charge >= 0.3 is 0 Å². The van der Waals surface area contributed by atoms with Crippen LogP contribution >= 0.6 is 0 Å². The van der Waals surface area contributed by atoms with Crippen molar-refractivity contribution in [2.45, 2.75) is 6.04 Å². The number of hydrogen-bond donors (Lipinski definition) is 2. The van der Waals surface area contributed by atoms with Crippen LogP contribution in [0.5, 0.6) is 0 Å². The van der Waals surface area contributed by atoms with Gasteiger partial charge in [0.2, 0.25) is 5.91 Å². The minimum Gasteiger partial charge on any atom is -0.345 e. The smallest absolute Gasteiger partial charge is 0.246 e. The van der Waals surface area contributed by atoms with E-state index in [0.717, 1.165) is 22.6 Å². The van der Waals surface area contributed by atoms with Gasteiger partial charge in [0.05, 0.1) is 0 Å². The van der Waals surface area contributed by atoms with E-state index in [1.54, 1.807) is 12.4 Å². The summed E-state index contributed by atoms with van der Waals surface area (Å²) in [4.78, 5) is 21.9. The lowest BCUT2D eigenvalue weighted by atomic mass is 10.1. The highest BCUT2D eigenvalue weighted by Gasteiger charge is 2.22. The maximum atomic E-state index is 12.7. The second kappa shape index (κ2) is 7.10. The van der Waals surface area contributed by atoms with Gasteiger partial charge in [0.1, 0.15) is 11.9 Å². The predicted molar refractivity (Wildman–Crippen MR) is 95.5 cm³/mol. The quantitative estimate of drug-likeness (QED) is 0.758. The highest BCUT2D eigenvalue weighted by Crippen LogP contribution is 2.22. The Bertz CT molecular complexity index is 780. The number of carbonyl (C=O) groups is 1. The lowest BCUT2D eigenvalue weighted by Gasteiger charge is -2.23. The van der Waals surface area contributed by atoms with Gasteiger partial charge in [0.15, 0.2) is 0 Å². The van der Waals surface area contributed by atoms with E-state index in [4.69, 9.17) is 0 Å². The van der Waals surface area contributed by atoms with E-state index in [1.807, 2.05) is 73.6 Å². The van der Waals surface area contributed by atoms with Crippen molar-refractivity contribution in [3.8, 4) is 11.4 Å². The molecule has 24 heavy (non-hydrogen) atoms. The van der Waals surface area contributed by atoms with E-state index in [2.05, 4.69) is 15.3 Å². The van der Waals surface area contributed by atoms with Gasteiger partial charge in [-0.3, -0.25) is 9.69 Å². The lowest BCUT2D eigenvalue weighted by molar-refractivity contribution is -0.120. The molecule has 122 valence electrons. The third kappa shape index (κ3) is 3.52. The topological polar surface area (TPSA) is 61.0 Å². The van der Waals surface area contributed by atoms with Gasteiger partial charge in [-0.05, 0) is 43.9 Å². The Morgan fingerprint density at radius 2 is 1.79 bits per heavy atom. The van der Waals surface area contributed by atoms with E-state index in [0.29, 0.717) is 0 Å². The summed E-state index contributed by atoms with van der Waals surface area (Å²) in [6.07, 6.45) is 3.50. The molecule has 1 aromatic heterocycles. The van der Waals surface area contributed by atoms with Crippen LogP contribution in [0.3, 0.4) is 0 Å². The molecular weight excluding hydrogens is 300 g/mol. The summed E-state index contributed by atoms with van der Waals surface area (Å²) >= 11 is 0. The van der Waals surface area contributed by atoms with Crippen molar-refractivity contribution in [3.05, 3.63) is 72.6 Å². The summed E-state index contributed by atoms with van der Waals surface area (Å²) in [5.74, 6) is 0.750. The maximum Gasteiger partial charge on any atom is 0.246 e. The van der Waals surface area contributed by atoms with E-state index in [1.165, 1.54) is 0 Å². The molecule has 0 bridgehead atoms. The number of rotatable bonds is 5. The Kier molecular flexibility index (Phi) is 4.72. The minimum absolute atomic E-state index is 0.0584. The number of anilines is 1. The Morgan fingerprint density at radius 3 is 2.38 bits per heavy atom. The zero-order chi connectivity index (χ0) is 16.9. The Hall–Kier alpha value is -2.92. The summed E-state index contributed by atoms with van der Waals surface area (Å²) in [7, 11) is 3.80. The fourth-order valence-corrected chi connectivity index (χ4v) is 2.66. The van der Waals surface area contributed by atoms with Crippen LogP contribution in [0.25, 0.3) is 11.4 Å². The molecule has 5 nitrogen and oxygen atoms in total. The molecule has 2 N–H and O–H groups in total. The van der Waals surface area contributed by atoms with Gasteiger partial charge < -0.3 is 10.3 Å². The maximum absolute atomic E-state index is 12.7. The van der Waals surface area contributed by atoms with Crippen LogP contribution in [0.1, 0.15) is 11.6 Å². The number of nitrogens with one attached hydrogen (secondary N) is 2. The van der Waals surface area contributed by atoms with Crippen molar-refractivity contribution in [2.24, 2.45) is 0 Å². The summed E-state index contributed by atoms with van der Waals surface area (Å²) in [6.45, 7) is 0. The van der Waals surface area contributed by atoms with Gasteiger partial charge in [-0.2, -0.15) is 0 Å². The molecule has 2 aromatic carbocycles. The highest BCUT2D eigenvalue weighted by molar-refractivity contribution is 5.95. The largest absolute Gasteiger partial charge is 0.345 e. The molecule has 1 amide bonds. The van der Waals surface area contributed by atoms with Crippen molar-refractivity contribution in [1.29, 1.82) is 0 Å². The first-order chi connectivity index (χ1) is 11.6. The molecule has 0 aliphatic carbocycles. The Morgan fingerprint density at radius 1 is 1.08 bits per heavy atom. The van der Waals surface area contributed by atoms with Crippen molar-refractivity contribution in [1.82, 2.24) is 14.9 Å². The highest BCUT2D eigenvalue weighted by atomic mass is 16.2. The molecule has 0 fully saturated rings. The second-order valence-corrected chi connectivity index (χ2v) is 5.78. The minimum atomic E-state index is -0.337. The molecule has 0 spiro atoms. The Labute approximate surface area is 141 Å². The van der Waals surface area contributed by atoms with Crippen LogP contribution in [-0.2, 0) is 4.79 Å². The summed E-state index contributed by atoms with van der Waals surface area (Å²) in [5, 5.41) is 2.98. The zero-order valence-electron chi connectivity index (χ0n) is 13.7. The monoisotopic (exact) mass is 320 g/mol. The molecule has 0 saturated carbocycles. The van der Waals surface area contributed by atoms with E-state index >= 15 is 0 Å². The average molecular weight is 320 g/mol. The summed E-state index contributed by atoms with van der Waals surface area (Å²) < 4.78 is 0. The SMILES string of the molecule is CN(C)[C@@H](C(=O)Nc1ccc(-c2ncc[nH]2)cc1)c1ccccc1. The molecule has 0 saturated heterocycles. The molecule has 0 aliphatic rings. The molecule has 1 atom stereocenters. The summed E-state index contributed by atoms with van der Waals surface area (Å²) in [6, 6.07) is 17.0. The van der Waals surface area contributed by atoms with Crippen molar-refractivity contribution >= 4 is 11.6 Å². The lowest BCUT2D eigenvalue weighted by Crippen LogP contribution is -2.32. The molecule has 0 radical (unpaired) electrons. The number of carbonyl (C=O) groups excluding carboxylic acids is 1. The first-order valence-electron chi connectivity index (χ1n) is 7.77. The van der Waals surface area contributed by atoms with Crippen LogP contribution in [0, 0.1) is 0 Å². The molecule has 1 heterocycles. The van der Waals surface area contributed by atoms with Gasteiger partial charge in [0.25, 0.3) is 0 Å². The van der Waals surface area contributed by atoms with Gasteiger partial charge in [-0.1, -0.05) is 30.3 Å². The molecule has 3 aromatic rings. The number of aromatic amines is 1. The fourth-order valence-electron chi connectivity index (χ4n) is 2.66. The fraction of sp³-hybridized carbons (Fsp3) is 0.158. The average Bonchev–Trinajstić information content (AvgIpc) is 3.11. The van der Waals surface area contributed by atoms with Crippen LogP contribution < -0.4 is 5.32 Å². The van der Waals surface area contributed by atoms with Crippen LogP contribution in [0.15, 0.2) is 67.0 Å². The number of benzene rings is 2. The van der Waals surface area contributed by atoms with Crippen molar-refractivity contribution in [3.63, 3.8) is 0 Å². The first kappa shape index (κ1) is 16.0. The van der Waals surface area contributed by atoms with Crippen molar-refractivity contribution in [2.75, 3.05) is 19.4 Å². The van der Waals surface area contributed by atoms with Gasteiger partial charge in [-0.25, -0.2) is 4.98 Å². The normalized spacial score (nSPS) is 12.1. The number of nitrogens with zero attached hydrogens (tertiary/aromatic N) is 2. The van der Waals surface area contributed by atoms with Crippen LogP contribution in [0.2, 0.25) is 0 Å². The number of H-pyrrole nitrogens is 1. The van der Waals surface area contributed by atoms with Crippen LogP contribution in [-0.4, -0.2) is 34.9 Å². The number of imidazole rings is 1. The number of aromatic nitrogens is 2. The molecule has 5 heteroatoms. The van der Waals surface area contributed by atoms with Gasteiger partial charge in [-0.15, -0.1) is 0 Å². The Balaban J connectivity index is 1.75. The summed E-state index contributed by atoms with van der Waals surface area (Å²) in [5.41, 5.74) is 2.70. The zero-order valence-corrected chi connectivity index (χ0v) is 13.7. The van der Waals surface area contributed by atoms with E-state index < -0.39 is 0 Å². The first-order valence-corrected chi connectivity index (χ1v) is 7.77. The molecule has 0 unspecified atom stereocenters. The van der Waals surface area contributed by atoms with Gasteiger partial charge in [0, 0.05) is 23.6 Å². The number of amides is 1. The van der Waals surface area contributed by atoms with Crippen molar-refractivity contribution < 1.29 is 4.79 Å². The second-order valence-electron chi connectivity index (χ2n) is 5.78. The third-order valence-corrected chi connectivity index (χ3v) is 3.80. The number of likely N-dealkylation sites (N-methyl/N-ethyl adjacent to an activating group) is 1. The molecule has 3 rings (SSSR count). The molecule has 0 aliphatic heterocycles. The number of hydrogen-bond acceptors (Lipinski definition) is 3. The van der Waals surface area contributed by atoms with E-state index in [9.17, 15) is 4.79 Å². The standard InChI is InChI=1S/C19H20N4O/c1-23(2)17(14-6-4-3-5-7-14)19(24)22-16-10-8-15(9-11-16)18-20-12-13-21-18/h3-13,17H,1-2H3,(H,20,21)(H,22,24)/t17-/m1/s1.